The first-order valence-corrected chi connectivity index (χ1v) is 6.40. The van der Waals surface area contributed by atoms with E-state index in [1.807, 2.05) is 0 Å². The minimum atomic E-state index is -1.40. The largest absolute Gasteiger partial charge is 0.481 e. The van der Waals surface area contributed by atoms with Crippen molar-refractivity contribution in [1.82, 2.24) is 10.6 Å². The van der Waals surface area contributed by atoms with E-state index in [0.717, 1.165) is 25.7 Å². The van der Waals surface area contributed by atoms with Crippen LogP contribution in [0.2, 0.25) is 0 Å². The Hall–Kier alpha value is -1.79. The maximum absolute atomic E-state index is 11.6. The maximum atomic E-state index is 11.6. The lowest BCUT2D eigenvalue weighted by molar-refractivity contribution is -0.145. The van der Waals surface area contributed by atoms with E-state index >= 15 is 0 Å². The summed E-state index contributed by atoms with van der Waals surface area (Å²) in [6, 6.07) is -1.98. The molecule has 1 unspecified atom stereocenters. The zero-order valence-corrected chi connectivity index (χ0v) is 10.9. The minimum absolute atomic E-state index is 0.0375. The molecule has 7 heteroatoms. The summed E-state index contributed by atoms with van der Waals surface area (Å²) in [4.78, 5) is 32.9. The molecule has 0 heterocycles. The van der Waals surface area contributed by atoms with E-state index in [4.69, 9.17) is 10.2 Å². The van der Waals surface area contributed by atoms with Gasteiger partial charge in [-0.2, -0.15) is 0 Å². The second kappa shape index (κ2) is 6.96. The number of aliphatic carboxylic acids is 2. The summed E-state index contributed by atoms with van der Waals surface area (Å²) in [5, 5.41) is 22.2. The summed E-state index contributed by atoms with van der Waals surface area (Å²) in [7, 11) is 0. The average molecular weight is 272 g/mol. The van der Waals surface area contributed by atoms with E-state index in [0.29, 0.717) is 5.92 Å². The molecule has 0 radical (unpaired) electrons. The Labute approximate surface area is 111 Å². The van der Waals surface area contributed by atoms with Gasteiger partial charge in [0.15, 0.2) is 0 Å². The molecule has 0 aromatic rings. The molecule has 0 aliphatic heterocycles. The van der Waals surface area contributed by atoms with Crippen LogP contribution in [-0.2, 0) is 9.59 Å². The first-order valence-electron chi connectivity index (χ1n) is 6.40. The maximum Gasteiger partial charge on any atom is 0.326 e. The summed E-state index contributed by atoms with van der Waals surface area (Å²) in [5.41, 5.74) is 0. The first kappa shape index (κ1) is 15.3. The van der Waals surface area contributed by atoms with Gasteiger partial charge in [0.25, 0.3) is 0 Å². The Morgan fingerprint density at radius 1 is 1.16 bits per heavy atom. The normalized spacial score (nSPS) is 24.3. The van der Waals surface area contributed by atoms with E-state index in [-0.39, 0.29) is 6.04 Å². The molecule has 1 saturated carbocycles. The Kier molecular flexibility index (Phi) is 5.59. The van der Waals surface area contributed by atoms with Crippen LogP contribution < -0.4 is 10.6 Å². The van der Waals surface area contributed by atoms with Crippen LogP contribution in [-0.4, -0.2) is 40.3 Å². The molecule has 19 heavy (non-hydrogen) atoms. The summed E-state index contributed by atoms with van der Waals surface area (Å²) >= 11 is 0. The number of carboxylic acids is 2. The molecular formula is C12H20N2O5. The number of rotatable bonds is 5. The van der Waals surface area contributed by atoms with Gasteiger partial charge in [0.05, 0.1) is 6.42 Å². The summed E-state index contributed by atoms with van der Waals surface area (Å²) in [6.45, 7) is 2.16. The molecule has 0 aromatic heterocycles. The molecule has 1 rings (SSSR count). The van der Waals surface area contributed by atoms with Gasteiger partial charge in [0, 0.05) is 6.04 Å². The molecule has 4 N–H and O–H groups in total. The molecule has 2 amide bonds. The number of urea groups is 1. The highest BCUT2D eigenvalue weighted by Gasteiger charge is 2.25. The average Bonchev–Trinajstić information content (AvgIpc) is 2.30. The fraction of sp³-hybridized carbons (Fsp3) is 0.750. The third-order valence-electron chi connectivity index (χ3n) is 3.33. The van der Waals surface area contributed by atoms with Crippen molar-refractivity contribution >= 4 is 18.0 Å². The van der Waals surface area contributed by atoms with Crippen molar-refractivity contribution in [3.63, 3.8) is 0 Å². The van der Waals surface area contributed by atoms with Crippen LogP contribution >= 0.6 is 0 Å². The number of nitrogens with one attached hydrogen (secondary N) is 2. The van der Waals surface area contributed by atoms with Crippen LogP contribution in [0.1, 0.15) is 39.0 Å². The number of carboxylic acid groups (broad SMARTS) is 2. The highest BCUT2D eigenvalue weighted by Crippen LogP contribution is 2.23. The lowest BCUT2D eigenvalue weighted by Gasteiger charge is -2.27. The predicted molar refractivity (Wildman–Crippen MR) is 66.8 cm³/mol. The molecule has 0 aromatic carbocycles. The van der Waals surface area contributed by atoms with E-state index in [2.05, 4.69) is 17.6 Å². The molecule has 0 bridgehead atoms. The van der Waals surface area contributed by atoms with Gasteiger partial charge in [-0.25, -0.2) is 9.59 Å². The molecule has 108 valence electrons. The third-order valence-corrected chi connectivity index (χ3v) is 3.33. The van der Waals surface area contributed by atoms with E-state index in [9.17, 15) is 14.4 Å². The summed E-state index contributed by atoms with van der Waals surface area (Å²) in [5.74, 6) is -1.96. The number of hydrogen-bond acceptors (Lipinski definition) is 3. The standard InChI is InChI=1S/C12H20N2O5/c1-7-2-4-8(5-3-7)13-12(19)14-9(11(17)18)6-10(15)16/h7-9H,2-6H2,1H3,(H,15,16)(H,17,18)(H2,13,14,19). The predicted octanol–water partition coefficient (Wildman–Crippen LogP) is 0.792. The SMILES string of the molecule is CC1CCC(NC(=O)NC(CC(=O)O)C(=O)O)CC1. The van der Waals surface area contributed by atoms with E-state index in [1.54, 1.807) is 0 Å². The number of carbonyl (C=O) groups is 3. The molecule has 1 aliphatic rings. The molecular weight excluding hydrogens is 252 g/mol. The molecule has 7 nitrogen and oxygen atoms in total. The van der Waals surface area contributed by atoms with Crippen LogP contribution in [0.4, 0.5) is 4.79 Å². The van der Waals surface area contributed by atoms with Gasteiger partial charge in [0.2, 0.25) is 0 Å². The zero-order valence-electron chi connectivity index (χ0n) is 10.9. The molecule has 0 spiro atoms. The summed E-state index contributed by atoms with van der Waals surface area (Å²) < 4.78 is 0. The Morgan fingerprint density at radius 3 is 2.21 bits per heavy atom. The Balaban J connectivity index is 2.40. The van der Waals surface area contributed by atoms with Crippen molar-refractivity contribution < 1.29 is 24.6 Å². The van der Waals surface area contributed by atoms with Crippen LogP contribution in [0.5, 0.6) is 0 Å². The highest BCUT2D eigenvalue weighted by molar-refractivity contribution is 5.86. The van der Waals surface area contributed by atoms with E-state index < -0.39 is 30.4 Å². The van der Waals surface area contributed by atoms with Crippen molar-refractivity contribution in [2.75, 3.05) is 0 Å². The minimum Gasteiger partial charge on any atom is -0.481 e. The van der Waals surface area contributed by atoms with Crippen molar-refractivity contribution in [3.8, 4) is 0 Å². The van der Waals surface area contributed by atoms with Crippen LogP contribution in [0.3, 0.4) is 0 Å². The quantitative estimate of drug-likeness (QED) is 0.590. The van der Waals surface area contributed by atoms with Gasteiger partial charge in [-0.1, -0.05) is 6.92 Å². The van der Waals surface area contributed by atoms with Crippen molar-refractivity contribution in [3.05, 3.63) is 0 Å². The topological polar surface area (TPSA) is 116 Å². The van der Waals surface area contributed by atoms with Gasteiger partial charge in [-0.3, -0.25) is 4.79 Å². The van der Waals surface area contributed by atoms with Gasteiger partial charge >= 0.3 is 18.0 Å². The van der Waals surface area contributed by atoms with Gasteiger partial charge < -0.3 is 20.8 Å². The van der Waals surface area contributed by atoms with Gasteiger partial charge in [-0.05, 0) is 31.6 Å². The number of carbonyl (C=O) groups excluding carboxylic acids is 1. The lowest BCUT2D eigenvalue weighted by Crippen LogP contribution is -2.50. The molecule has 0 saturated heterocycles. The van der Waals surface area contributed by atoms with Gasteiger partial charge in [0.1, 0.15) is 6.04 Å². The number of hydrogen-bond donors (Lipinski definition) is 4. The highest BCUT2D eigenvalue weighted by atomic mass is 16.4. The smallest absolute Gasteiger partial charge is 0.326 e. The fourth-order valence-corrected chi connectivity index (χ4v) is 2.16. The van der Waals surface area contributed by atoms with Crippen LogP contribution in [0.15, 0.2) is 0 Å². The van der Waals surface area contributed by atoms with Gasteiger partial charge in [-0.15, -0.1) is 0 Å². The zero-order chi connectivity index (χ0) is 14.4. The van der Waals surface area contributed by atoms with Crippen molar-refractivity contribution in [2.24, 2.45) is 5.92 Å². The summed E-state index contributed by atoms with van der Waals surface area (Å²) in [6.07, 6.45) is 3.16. The molecule has 1 atom stereocenters. The fourth-order valence-electron chi connectivity index (χ4n) is 2.16. The van der Waals surface area contributed by atoms with E-state index in [1.165, 1.54) is 0 Å². The molecule has 1 fully saturated rings. The molecule has 1 aliphatic carbocycles. The number of amides is 2. The Morgan fingerprint density at radius 2 is 1.74 bits per heavy atom. The third kappa shape index (κ3) is 5.58. The second-order valence-corrected chi connectivity index (χ2v) is 5.06. The lowest BCUT2D eigenvalue weighted by atomic mass is 9.87. The van der Waals surface area contributed by atoms with Crippen molar-refractivity contribution in [2.45, 2.75) is 51.1 Å². The monoisotopic (exact) mass is 272 g/mol. The first-order chi connectivity index (χ1) is 8.88. The van der Waals surface area contributed by atoms with Crippen LogP contribution in [0.25, 0.3) is 0 Å². The van der Waals surface area contributed by atoms with Crippen LogP contribution in [0, 0.1) is 5.92 Å². The second-order valence-electron chi connectivity index (χ2n) is 5.06. The van der Waals surface area contributed by atoms with Crippen molar-refractivity contribution in [1.29, 1.82) is 0 Å². The Bertz CT molecular complexity index is 350.